The molecule has 0 spiro atoms. The maximum absolute atomic E-state index is 11.5. The number of benzene rings is 1. The Labute approximate surface area is 111 Å². The van der Waals surface area contributed by atoms with E-state index in [4.69, 9.17) is 14.9 Å². The van der Waals surface area contributed by atoms with Gasteiger partial charge in [0.25, 0.3) is 0 Å². The van der Waals surface area contributed by atoms with Crippen LogP contribution in [0.25, 0.3) is 6.08 Å². The minimum absolute atomic E-state index is 0.285. The highest BCUT2D eigenvalue weighted by Gasteiger charge is 2.11. The molecule has 0 saturated heterocycles. The maximum atomic E-state index is 11.5. The summed E-state index contributed by atoms with van der Waals surface area (Å²) >= 11 is 0. The van der Waals surface area contributed by atoms with Gasteiger partial charge in [-0.1, -0.05) is 6.07 Å². The van der Waals surface area contributed by atoms with Crippen molar-refractivity contribution in [3.63, 3.8) is 0 Å². The lowest BCUT2D eigenvalue weighted by molar-refractivity contribution is -0.117. The average Bonchev–Trinajstić information content (AvgIpc) is 2.89. The lowest BCUT2D eigenvalue weighted by atomic mass is 10.1. The van der Waals surface area contributed by atoms with Gasteiger partial charge in [-0.25, -0.2) is 0 Å². The average molecular weight is 263 g/mol. The van der Waals surface area contributed by atoms with E-state index in [9.17, 15) is 4.79 Å². The minimum atomic E-state index is -0.620. The Morgan fingerprint density at radius 1 is 1.42 bits per heavy atom. The molecule has 0 aliphatic carbocycles. The molecule has 0 unspecified atom stereocenters. The second-order valence-electron chi connectivity index (χ2n) is 4.37. The molecule has 1 heterocycles. The fourth-order valence-corrected chi connectivity index (χ4v) is 1.88. The molecule has 0 atom stereocenters. The Kier molecular flexibility index (Phi) is 4.54. The molecule has 5 nitrogen and oxygen atoms in total. The molecule has 19 heavy (non-hydrogen) atoms. The van der Waals surface area contributed by atoms with Crippen molar-refractivity contribution in [3.05, 3.63) is 35.4 Å². The molecule has 1 aliphatic heterocycles. The molecule has 0 aromatic heterocycles. The molecule has 1 aromatic rings. The summed E-state index contributed by atoms with van der Waals surface area (Å²) in [6.45, 7) is 0.135. The third-order valence-electron chi connectivity index (χ3n) is 2.93. The van der Waals surface area contributed by atoms with Crippen molar-refractivity contribution in [3.8, 4) is 5.75 Å². The first-order chi connectivity index (χ1) is 9.22. The predicted molar refractivity (Wildman–Crippen MR) is 70.8 cm³/mol. The third-order valence-corrected chi connectivity index (χ3v) is 2.93. The smallest absolute Gasteiger partial charge is 0.244 e. The van der Waals surface area contributed by atoms with Gasteiger partial charge < -0.3 is 20.3 Å². The molecule has 0 bridgehead atoms. The van der Waals surface area contributed by atoms with Gasteiger partial charge in [-0.15, -0.1) is 0 Å². The largest absolute Gasteiger partial charge is 0.493 e. The summed E-state index contributed by atoms with van der Waals surface area (Å²) in [4.78, 5) is 11.5. The lowest BCUT2D eigenvalue weighted by Crippen LogP contribution is -2.39. The second-order valence-corrected chi connectivity index (χ2v) is 4.37. The van der Waals surface area contributed by atoms with Crippen molar-refractivity contribution >= 4 is 12.0 Å². The fourth-order valence-electron chi connectivity index (χ4n) is 1.88. The molecule has 0 radical (unpaired) electrons. The summed E-state index contributed by atoms with van der Waals surface area (Å²) in [7, 11) is 0. The summed E-state index contributed by atoms with van der Waals surface area (Å²) in [5.74, 6) is 0.562. The van der Waals surface area contributed by atoms with Crippen molar-refractivity contribution in [1.82, 2.24) is 5.32 Å². The molecule has 1 amide bonds. The maximum Gasteiger partial charge on any atom is 0.244 e. The number of hydrogen-bond acceptors (Lipinski definition) is 4. The molecular formula is C14H17NO4. The number of aliphatic hydroxyl groups is 2. The zero-order valence-electron chi connectivity index (χ0n) is 10.5. The standard InChI is InChI=1S/C14H17NO4/c16-8-12(9-17)15-14(18)4-2-10-1-3-13-11(7-10)5-6-19-13/h1-4,7,12,16-17H,5-6,8-9H2,(H,15,18). The molecule has 102 valence electrons. The van der Waals surface area contributed by atoms with E-state index in [0.717, 1.165) is 23.3 Å². The van der Waals surface area contributed by atoms with Crippen LogP contribution in [0.1, 0.15) is 11.1 Å². The summed E-state index contributed by atoms with van der Waals surface area (Å²) in [5, 5.41) is 20.2. The highest BCUT2D eigenvalue weighted by molar-refractivity contribution is 5.92. The normalized spacial score (nSPS) is 13.6. The number of amides is 1. The number of ether oxygens (including phenoxy) is 1. The van der Waals surface area contributed by atoms with Crippen molar-refractivity contribution in [2.45, 2.75) is 12.5 Å². The summed E-state index contributed by atoms with van der Waals surface area (Å²) in [6.07, 6.45) is 3.97. The number of carbonyl (C=O) groups excluding carboxylic acids is 1. The number of aliphatic hydroxyl groups excluding tert-OH is 2. The van der Waals surface area contributed by atoms with E-state index >= 15 is 0 Å². The van der Waals surface area contributed by atoms with E-state index in [-0.39, 0.29) is 19.1 Å². The highest BCUT2D eigenvalue weighted by atomic mass is 16.5. The zero-order valence-corrected chi connectivity index (χ0v) is 10.5. The quantitative estimate of drug-likeness (QED) is 0.659. The van der Waals surface area contributed by atoms with Crippen LogP contribution in [0.3, 0.4) is 0 Å². The van der Waals surface area contributed by atoms with Crippen LogP contribution >= 0.6 is 0 Å². The highest BCUT2D eigenvalue weighted by Crippen LogP contribution is 2.26. The van der Waals surface area contributed by atoms with Gasteiger partial charge in [0.05, 0.1) is 25.9 Å². The zero-order chi connectivity index (χ0) is 13.7. The molecule has 0 fully saturated rings. The van der Waals surface area contributed by atoms with Crippen LogP contribution in [-0.4, -0.2) is 42.0 Å². The number of carbonyl (C=O) groups is 1. The van der Waals surface area contributed by atoms with Crippen LogP contribution < -0.4 is 10.1 Å². The van der Waals surface area contributed by atoms with Gasteiger partial charge in [-0.3, -0.25) is 4.79 Å². The second kappa shape index (κ2) is 6.36. The molecule has 1 aromatic carbocycles. The van der Waals surface area contributed by atoms with Crippen LogP contribution in [0.2, 0.25) is 0 Å². The van der Waals surface area contributed by atoms with E-state index in [1.54, 1.807) is 6.08 Å². The summed E-state index contributed by atoms with van der Waals surface area (Å²) in [6, 6.07) is 5.14. The first-order valence-electron chi connectivity index (χ1n) is 6.19. The van der Waals surface area contributed by atoms with Crippen LogP contribution in [0.15, 0.2) is 24.3 Å². The van der Waals surface area contributed by atoms with Gasteiger partial charge in [0, 0.05) is 12.5 Å². The first-order valence-corrected chi connectivity index (χ1v) is 6.19. The number of hydrogen-bond donors (Lipinski definition) is 3. The number of rotatable bonds is 5. The van der Waals surface area contributed by atoms with Gasteiger partial charge >= 0.3 is 0 Å². The van der Waals surface area contributed by atoms with Crippen LogP contribution in [0.4, 0.5) is 0 Å². The number of nitrogens with one attached hydrogen (secondary N) is 1. The van der Waals surface area contributed by atoms with Gasteiger partial charge in [0.15, 0.2) is 0 Å². The monoisotopic (exact) mass is 263 g/mol. The van der Waals surface area contributed by atoms with Crippen LogP contribution in [0, 0.1) is 0 Å². The lowest BCUT2D eigenvalue weighted by Gasteiger charge is -2.10. The molecular weight excluding hydrogens is 246 g/mol. The fraction of sp³-hybridized carbons (Fsp3) is 0.357. The first kappa shape index (κ1) is 13.6. The van der Waals surface area contributed by atoms with Crippen molar-refractivity contribution < 1.29 is 19.7 Å². The minimum Gasteiger partial charge on any atom is -0.493 e. The van der Waals surface area contributed by atoms with Crippen molar-refractivity contribution in [1.29, 1.82) is 0 Å². The SMILES string of the molecule is O=C(C=Cc1ccc2c(c1)CCO2)NC(CO)CO. The Morgan fingerprint density at radius 2 is 2.21 bits per heavy atom. The van der Waals surface area contributed by atoms with Gasteiger partial charge in [0.2, 0.25) is 5.91 Å². The Hall–Kier alpha value is -1.85. The topological polar surface area (TPSA) is 78.8 Å². The van der Waals surface area contributed by atoms with Gasteiger partial charge in [-0.05, 0) is 29.3 Å². The third kappa shape index (κ3) is 3.56. The van der Waals surface area contributed by atoms with Crippen molar-refractivity contribution in [2.24, 2.45) is 0 Å². The van der Waals surface area contributed by atoms with Gasteiger partial charge in [-0.2, -0.15) is 0 Å². The van der Waals surface area contributed by atoms with E-state index in [2.05, 4.69) is 5.32 Å². The predicted octanol–water partition coefficient (Wildman–Crippen LogP) is 0.104. The van der Waals surface area contributed by atoms with E-state index in [1.165, 1.54) is 6.08 Å². The van der Waals surface area contributed by atoms with Crippen LogP contribution in [-0.2, 0) is 11.2 Å². The molecule has 5 heteroatoms. The summed E-state index contributed by atoms with van der Waals surface area (Å²) < 4.78 is 5.40. The Bertz CT molecular complexity index is 480. The molecule has 1 aliphatic rings. The van der Waals surface area contributed by atoms with Crippen LogP contribution in [0.5, 0.6) is 5.75 Å². The van der Waals surface area contributed by atoms with Crippen molar-refractivity contribution in [2.75, 3.05) is 19.8 Å². The summed E-state index contributed by atoms with van der Waals surface area (Å²) in [5.41, 5.74) is 2.06. The van der Waals surface area contributed by atoms with E-state index < -0.39 is 6.04 Å². The van der Waals surface area contributed by atoms with E-state index in [0.29, 0.717) is 6.61 Å². The van der Waals surface area contributed by atoms with Gasteiger partial charge in [0.1, 0.15) is 5.75 Å². The molecule has 2 rings (SSSR count). The van der Waals surface area contributed by atoms with E-state index in [1.807, 2.05) is 18.2 Å². The molecule has 3 N–H and O–H groups in total. The Morgan fingerprint density at radius 3 is 2.95 bits per heavy atom. The number of fused-ring (bicyclic) bond motifs is 1. The Balaban J connectivity index is 1.96. The molecule has 0 saturated carbocycles.